The Bertz CT molecular complexity index is 977. The second-order valence-electron chi connectivity index (χ2n) is 5.58. The van der Waals surface area contributed by atoms with Crippen LogP contribution in [0.2, 0.25) is 0 Å². The number of hydrogen-bond donors (Lipinski definition) is 0. The van der Waals surface area contributed by atoms with Gasteiger partial charge in [-0.2, -0.15) is 0 Å². The van der Waals surface area contributed by atoms with E-state index in [9.17, 15) is 0 Å². The zero-order valence-electron chi connectivity index (χ0n) is 14.0. The van der Waals surface area contributed by atoms with Gasteiger partial charge in [-0.05, 0) is 29.8 Å². The van der Waals surface area contributed by atoms with E-state index in [1.807, 2.05) is 65.2 Å². The first-order valence-electron chi connectivity index (χ1n) is 8.31. The molecule has 0 unspecified atom stereocenters. The van der Waals surface area contributed by atoms with Crippen molar-refractivity contribution in [1.82, 2.24) is 14.8 Å². The monoisotopic (exact) mass is 359 g/mol. The van der Waals surface area contributed by atoms with Crippen LogP contribution in [0.4, 0.5) is 0 Å². The average molecular weight is 359 g/mol. The third-order valence-corrected chi connectivity index (χ3v) is 4.69. The molecule has 4 nitrogen and oxygen atoms in total. The zero-order valence-corrected chi connectivity index (χ0v) is 14.8. The van der Waals surface area contributed by atoms with E-state index in [1.165, 1.54) is 5.56 Å². The molecule has 0 aliphatic carbocycles. The van der Waals surface area contributed by atoms with Gasteiger partial charge in [0.1, 0.15) is 0 Å². The van der Waals surface area contributed by atoms with Crippen LogP contribution in [0.5, 0.6) is 0 Å². The van der Waals surface area contributed by atoms with Gasteiger partial charge in [0.15, 0.2) is 10.9 Å². The number of furan rings is 1. The summed E-state index contributed by atoms with van der Waals surface area (Å²) in [4.78, 5) is 0. The molecule has 128 valence electrons. The van der Waals surface area contributed by atoms with Crippen molar-refractivity contribution in [3.8, 4) is 17.3 Å². The lowest BCUT2D eigenvalue weighted by Gasteiger charge is -2.08. The van der Waals surface area contributed by atoms with Crippen LogP contribution < -0.4 is 0 Å². The fourth-order valence-electron chi connectivity index (χ4n) is 2.61. The molecule has 5 heteroatoms. The van der Waals surface area contributed by atoms with Gasteiger partial charge in [-0.15, -0.1) is 10.2 Å². The van der Waals surface area contributed by atoms with Gasteiger partial charge >= 0.3 is 0 Å². The first-order chi connectivity index (χ1) is 12.9. The molecule has 0 saturated carbocycles. The second-order valence-corrected chi connectivity index (χ2v) is 6.57. The summed E-state index contributed by atoms with van der Waals surface area (Å²) in [6.45, 7) is 0. The second kappa shape index (κ2) is 7.89. The maximum absolute atomic E-state index is 5.53. The molecule has 0 aliphatic rings. The Labute approximate surface area is 156 Å². The Kier molecular flexibility index (Phi) is 4.98. The highest BCUT2D eigenvalue weighted by molar-refractivity contribution is 7.99. The molecule has 0 spiro atoms. The van der Waals surface area contributed by atoms with Crippen molar-refractivity contribution in [1.29, 1.82) is 0 Å². The normalized spacial score (nSPS) is 11.2. The molecule has 4 aromatic rings. The van der Waals surface area contributed by atoms with Gasteiger partial charge < -0.3 is 4.42 Å². The smallest absolute Gasteiger partial charge is 0.205 e. The number of aromatic nitrogens is 3. The van der Waals surface area contributed by atoms with Gasteiger partial charge in [0.25, 0.3) is 0 Å². The lowest BCUT2D eigenvalue weighted by Crippen LogP contribution is -1.99. The van der Waals surface area contributed by atoms with Crippen molar-refractivity contribution in [3.05, 3.63) is 90.7 Å². The maximum atomic E-state index is 5.53. The summed E-state index contributed by atoms with van der Waals surface area (Å²) < 4.78 is 7.56. The number of nitrogens with zero attached hydrogens (tertiary/aromatic N) is 3. The number of benzene rings is 2. The van der Waals surface area contributed by atoms with E-state index in [2.05, 4.69) is 34.5 Å². The van der Waals surface area contributed by atoms with E-state index >= 15 is 0 Å². The van der Waals surface area contributed by atoms with Gasteiger partial charge in [-0.25, -0.2) is 0 Å². The largest absolute Gasteiger partial charge is 0.461 e. The van der Waals surface area contributed by atoms with Crippen LogP contribution in [-0.2, 0) is 0 Å². The molecule has 0 saturated heterocycles. The molecule has 2 aromatic carbocycles. The summed E-state index contributed by atoms with van der Waals surface area (Å²) >= 11 is 1.64. The van der Waals surface area contributed by atoms with E-state index in [0.717, 1.165) is 16.6 Å². The minimum atomic E-state index is 0.702. The highest BCUT2D eigenvalue weighted by Gasteiger charge is 2.17. The lowest BCUT2D eigenvalue weighted by atomic mass is 10.2. The Morgan fingerprint density at radius 2 is 1.65 bits per heavy atom. The molecule has 0 atom stereocenters. The van der Waals surface area contributed by atoms with Crippen LogP contribution in [0.1, 0.15) is 5.56 Å². The Hall–Kier alpha value is -3.05. The topological polar surface area (TPSA) is 43.9 Å². The molecule has 0 radical (unpaired) electrons. The minimum Gasteiger partial charge on any atom is -0.461 e. The fourth-order valence-corrected chi connectivity index (χ4v) is 3.37. The van der Waals surface area contributed by atoms with Crippen molar-refractivity contribution in [3.63, 3.8) is 0 Å². The highest BCUT2D eigenvalue weighted by Crippen LogP contribution is 2.28. The minimum absolute atomic E-state index is 0.702. The van der Waals surface area contributed by atoms with Crippen molar-refractivity contribution in [2.24, 2.45) is 0 Å². The predicted octanol–water partition coefficient (Wildman–Crippen LogP) is 5.33. The standard InChI is InChI=1S/C21H17N3OS/c1-3-9-17(10-4-1)11-8-16-26-21-23-22-20(19-14-7-15-25-19)24(21)18-12-5-2-6-13-18/h1-15H,16H2/b11-8+. The predicted molar refractivity (Wildman–Crippen MR) is 105 cm³/mol. The summed E-state index contributed by atoms with van der Waals surface area (Å²) in [7, 11) is 0. The maximum Gasteiger partial charge on any atom is 0.205 e. The first kappa shape index (κ1) is 16.4. The SMILES string of the molecule is C(=C\c1ccccc1)/CSc1nnc(-c2ccco2)n1-c1ccccc1. The molecule has 4 rings (SSSR count). The number of rotatable bonds is 6. The van der Waals surface area contributed by atoms with E-state index < -0.39 is 0 Å². The number of hydrogen-bond acceptors (Lipinski definition) is 4. The molecule has 0 aliphatic heterocycles. The van der Waals surface area contributed by atoms with Crippen LogP contribution >= 0.6 is 11.8 Å². The van der Waals surface area contributed by atoms with Crippen molar-refractivity contribution in [2.45, 2.75) is 5.16 Å². The first-order valence-corrected chi connectivity index (χ1v) is 9.29. The number of para-hydroxylation sites is 1. The molecule has 0 bridgehead atoms. The van der Waals surface area contributed by atoms with Crippen LogP contribution in [0.25, 0.3) is 23.3 Å². The van der Waals surface area contributed by atoms with E-state index in [-0.39, 0.29) is 0 Å². The van der Waals surface area contributed by atoms with Gasteiger partial charge in [0.2, 0.25) is 5.82 Å². The molecule has 0 N–H and O–H groups in total. The van der Waals surface area contributed by atoms with E-state index in [4.69, 9.17) is 4.42 Å². The highest BCUT2D eigenvalue weighted by atomic mass is 32.2. The van der Waals surface area contributed by atoms with Crippen LogP contribution in [0.15, 0.2) is 94.7 Å². The van der Waals surface area contributed by atoms with Crippen molar-refractivity contribution in [2.75, 3.05) is 5.75 Å². The van der Waals surface area contributed by atoms with Gasteiger partial charge in [0, 0.05) is 11.4 Å². The molecular formula is C21H17N3OS. The molecule has 2 aromatic heterocycles. The number of thioether (sulfide) groups is 1. The molecule has 0 amide bonds. The summed E-state index contributed by atoms with van der Waals surface area (Å²) in [5, 5.41) is 9.55. The Balaban J connectivity index is 1.59. The van der Waals surface area contributed by atoms with Crippen molar-refractivity contribution < 1.29 is 4.42 Å². The van der Waals surface area contributed by atoms with E-state index in [1.54, 1.807) is 18.0 Å². The molecule has 2 heterocycles. The summed E-state index contributed by atoms with van der Waals surface area (Å²) in [6.07, 6.45) is 5.90. The Morgan fingerprint density at radius 3 is 2.38 bits per heavy atom. The quantitative estimate of drug-likeness (QED) is 0.436. The summed E-state index contributed by atoms with van der Waals surface area (Å²) in [5.41, 5.74) is 2.20. The third kappa shape index (κ3) is 3.63. The third-order valence-electron chi connectivity index (χ3n) is 3.81. The van der Waals surface area contributed by atoms with Crippen LogP contribution in [0.3, 0.4) is 0 Å². The summed E-state index contributed by atoms with van der Waals surface area (Å²) in [6, 6.07) is 24.1. The molecule has 0 fully saturated rings. The van der Waals surface area contributed by atoms with Gasteiger partial charge in [-0.1, -0.05) is 72.4 Å². The zero-order chi connectivity index (χ0) is 17.6. The van der Waals surface area contributed by atoms with Gasteiger partial charge in [0.05, 0.1) is 6.26 Å². The van der Waals surface area contributed by atoms with E-state index in [0.29, 0.717) is 11.6 Å². The van der Waals surface area contributed by atoms with Gasteiger partial charge in [-0.3, -0.25) is 4.57 Å². The van der Waals surface area contributed by atoms with Crippen molar-refractivity contribution >= 4 is 17.8 Å². The average Bonchev–Trinajstić information content (AvgIpc) is 3.36. The summed E-state index contributed by atoms with van der Waals surface area (Å²) in [5.74, 6) is 2.21. The molecule has 26 heavy (non-hydrogen) atoms. The fraction of sp³-hybridized carbons (Fsp3) is 0.0476. The lowest BCUT2D eigenvalue weighted by molar-refractivity contribution is 0.575. The Morgan fingerprint density at radius 1 is 0.885 bits per heavy atom. The van der Waals surface area contributed by atoms with Crippen LogP contribution in [0, 0.1) is 0 Å². The van der Waals surface area contributed by atoms with Crippen LogP contribution in [-0.4, -0.2) is 20.5 Å². The molecular weight excluding hydrogens is 342 g/mol.